The fourth-order valence-corrected chi connectivity index (χ4v) is 6.41. The summed E-state index contributed by atoms with van der Waals surface area (Å²) in [4.78, 5) is 29.9. The molecule has 0 unspecified atom stereocenters. The van der Waals surface area contributed by atoms with Gasteiger partial charge in [0.05, 0.1) is 12.0 Å². The van der Waals surface area contributed by atoms with Crippen LogP contribution in [0.25, 0.3) is 0 Å². The monoisotopic (exact) mass is 559 g/mol. The molecule has 2 aliphatic heterocycles. The summed E-state index contributed by atoms with van der Waals surface area (Å²) in [7, 11) is 0. The first-order valence-electron chi connectivity index (χ1n) is 13.9. The van der Waals surface area contributed by atoms with Gasteiger partial charge in [-0.15, -0.1) is 0 Å². The van der Waals surface area contributed by atoms with Gasteiger partial charge in [-0.3, -0.25) is 14.5 Å². The quantitative estimate of drug-likeness (QED) is 0.444. The number of nitrogens with zero attached hydrogens (tertiary/aromatic N) is 2. The molecule has 3 atom stereocenters. The van der Waals surface area contributed by atoms with Gasteiger partial charge in [-0.25, -0.2) is 8.78 Å². The van der Waals surface area contributed by atoms with Crippen LogP contribution in [0.5, 0.6) is 0 Å². The number of carbonyl (C=O) groups excluding carboxylic acids is 2. The van der Waals surface area contributed by atoms with E-state index in [0.717, 1.165) is 36.5 Å². The number of rotatable bonds is 6. The number of hydrogen-bond donors (Lipinski definition) is 1. The molecule has 1 N–H and O–H groups in total. The van der Waals surface area contributed by atoms with E-state index in [4.69, 9.17) is 11.6 Å². The third kappa shape index (κ3) is 6.63. The number of likely N-dealkylation sites (tertiary alicyclic amines) is 2. The van der Waals surface area contributed by atoms with Crippen LogP contribution >= 0.6 is 11.6 Å². The number of piperidine rings is 1. The first-order valence-corrected chi connectivity index (χ1v) is 14.3. The fourth-order valence-electron chi connectivity index (χ4n) is 6.23. The number of hydrogen-bond acceptors (Lipinski definition) is 3. The van der Waals surface area contributed by atoms with E-state index in [-0.39, 0.29) is 35.2 Å². The maximum Gasteiger partial charge on any atom is 0.227 e. The molecule has 212 valence electrons. The fraction of sp³-hybridized carbons (Fsp3) is 0.548. The van der Waals surface area contributed by atoms with Crippen molar-refractivity contribution in [3.05, 3.63) is 69.7 Å². The van der Waals surface area contributed by atoms with Crippen LogP contribution < -0.4 is 5.32 Å². The molecule has 0 radical (unpaired) electrons. The van der Waals surface area contributed by atoms with E-state index < -0.39 is 17.6 Å². The second-order valence-electron chi connectivity index (χ2n) is 12.0. The minimum atomic E-state index is -0.614. The van der Waals surface area contributed by atoms with E-state index in [1.54, 1.807) is 0 Å². The van der Waals surface area contributed by atoms with Crippen molar-refractivity contribution in [3.8, 4) is 0 Å². The van der Waals surface area contributed by atoms with Crippen molar-refractivity contribution in [2.24, 2.45) is 5.92 Å². The molecule has 2 amide bonds. The molecule has 2 saturated heterocycles. The average molecular weight is 560 g/mol. The molecule has 2 heterocycles. The van der Waals surface area contributed by atoms with Crippen LogP contribution in [0.2, 0.25) is 5.02 Å². The third-order valence-corrected chi connectivity index (χ3v) is 8.64. The number of nitrogens with one attached hydrogen (secondary N) is 1. The van der Waals surface area contributed by atoms with E-state index in [1.165, 1.54) is 19.1 Å². The molecular weight excluding hydrogens is 520 g/mol. The van der Waals surface area contributed by atoms with Gasteiger partial charge in [-0.2, -0.15) is 0 Å². The number of halogens is 3. The predicted molar refractivity (Wildman–Crippen MR) is 151 cm³/mol. The van der Waals surface area contributed by atoms with E-state index in [9.17, 15) is 18.4 Å². The molecule has 8 heteroatoms. The van der Waals surface area contributed by atoms with Crippen molar-refractivity contribution in [2.75, 3.05) is 26.2 Å². The molecule has 2 aromatic rings. The lowest BCUT2D eigenvalue weighted by Gasteiger charge is -2.36. The topological polar surface area (TPSA) is 52.7 Å². The van der Waals surface area contributed by atoms with Gasteiger partial charge < -0.3 is 10.2 Å². The normalized spacial score (nSPS) is 21.7. The molecule has 0 aromatic heterocycles. The Morgan fingerprint density at radius 1 is 1.05 bits per heavy atom. The van der Waals surface area contributed by atoms with Gasteiger partial charge in [0.1, 0.15) is 11.6 Å². The Balaban J connectivity index is 1.52. The molecule has 0 bridgehead atoms. The molecule has 0 saturated carbocycles. The van der Waals surface area contributed by atoms with Crippen molar-refractivity contribution in [1.29, 1.82) is 0 Å². The number of benzene rings is 2. The molecule has 39 heavy (non-hydrogen) atoms. The highest BCUT2D eigenvalue weighted by molar-refractivity contribution is 6.30. The van der Waals surface area contributed by atoms with Gasteiger partial charge in [0, 0.05) is 55.6 Å². The summed E-state index contributed by atoms with van der Waals surface area (Å²) in [5.41, 5.74) is 2.43. The van der Waals surface area contributed by atoms with E-state index >= 15 is 0 Å². The molecular formula is C31H40ClF2N3O2. The summed E-state index contributed by atoms with van der Waals surface area (Å²) in [5.74, 6) is -1.73. The molecule has 2 aromatic carbocycles. The average Bonchev–Trinajstić information content (AvgIpc) is 3.33. The lowest BCUT2D eigenvalue weighted by molar-refractivity contribution is -0.136. The Morgan fingerprint density at radius 3 is 2.31 bits per heavy atom. The molecule has 0 aliphatic carbocycles. The summed E-state index contributed by atoms with van der Waals surface area (Å²) in [5, 5.41) is 3.67. The summed E-state index contributed by atoms with van der Waals surface area (Å²) >= 11 is 6.34. The van der Waals surface area contributed by atoms with Gasteiger partial charge in [0.15, 0.2) is 0 Å². The number of carbonyl (C=O) groups is 2. The SMILES string of the molecule is CC[C@H](NC(C)=O)c1cc(Cl)ccc1C1CCN(C(=O)[C@H]2CN(C(C)(C)C)C[C@@H]2c2ccc(F)cc2F)CC1. The Bertz CT molecular complexity index is 1210. The molecule has 5 nitrogen and oxygen atoms in total. The zero-order valence-corrected chi connectivity index (χ0v) is 24.3. The van der Waals surface area contributed by atoms with E-state index in [0.29, 0.717) is 36.8 Å². The van der Waals surface area contributed by atoms with Crippen LogP contribution in [0.4, 0.5) is 8.78 Å². The lowest BCUT2D eigenvalue weighted by atomic mass is 9.83. The summed E-state index contributed by atoms with van der Waals surface area (Å²) < 4.78 is 28.5. The number of amides is 2. The Labute approximate surface area is 235 Å². The minimum absolute atomic E-state index is 0.0370. The van der Waals surface area contributed by atoms with Gasteiger partial charge in [0.2, 0.25) is 11.8 Å². The van der Waals surface area contributed by atoms with Crippen molar-refractivity contribution in [3.63, 3.8) is 0 Å². The largest absolute Gasteiger partial charge is 0.350 e. The van der Waals surface area contributed by atoms with Gasteiger partial charge in [-0.1, -0.05) is 30.7 Å². The minimum Gasteiger partial charge on any atom is -0.350 e. The van der Waals surface area contributed by atoms with Crippen LogP contribution in [0.3, 0.4) is 0 Å². The molecule has 0 spiro atoms. The van der Waals surface area contributed by atoms with E-state index in [1.807, 2.05) is 24.0 Å². The smallest absolute Gasteiger partial charge is 0.227 e. The summed E-state index contributed by atoms with van der Waals surface area (Å²) in [6.45, 7) is 12.1. The van der Waals surface area contributed by atoms with E-state index in [2.05, 4.69) is 37.1 Å². The maximum absolute atomic E-state index is 14.9. The highest BCUT2D eigenvalue weighted by Gasteiger charge is 2.44. The third-order valence-electron chi connectivity index (χ3n) is 8.40. The molecule has 2 fully saturated rings. The lowest BCUT2D eigenvalue weighted by Crippen LogP contribution is -2.44. The second-order valence-corrected chi connectivity index (χ2v) is 12.4. The van der Waals surface area contributed by atoms with Crippen LogP contribution in [0, 0.1) is 17.6 Å². The van der Waals surface area contributed by atoms with Gasteiger partial charge >= 0.3 is 0 Å². The highest BCUT2D eigenvalue weighted by Crippen LogP contribution is 2.40. The predicted octanol–water partition coefficient (Wildman–Crippen LogP) is 6.43. The maximum atomic E-state index is 14.9. The highest BCUT2D eigenvalue weighted by atomic mass is 35.5. The van der Waals surface area contributed by atoms with Crippen LogP contribution in [-0.2, 0) is 9.59 Å². The first-order chi connectivity index (χ1) is 18.4. The zero-order chi connectivity index (χ0) is 28.5. The van der Waals surface area contributed by atoms with Crippen molar-refractivity contribution in [1.82, 2.24) is 15.1 Å². The standard InChI is InChI=1S/C31H40ClF2N3O2/c1-6-29(35-19(2)38)25-15-21(32)7-9-23(25)20-11-13-36(14-12-20)30(39)27-18-37(31(3,4)5)17-26(27)24-10-8-22(33)16-28(24)34/h7-10,15-16,20,26-27,29H,6,11-14,17-18H2,1-5H3,(H,35,38)/t26-,27+,29+/m1/s1. The van der Waals surface area contributed by atoms with Crippen molar-refractivity contribution >= 4 is 23.4 Å². The Hall–Kier alpha value is -2.51. The first kappa shape index (κ1) is 29.5. The zero-order valence-electron chi connectivity index (χ0n) is 23.6. The Kier molecular flexibility index (Phi) is 9.01. The van der Waals surface area contributed by atoms with Crippen LogP contribution in [-0.4, -0.2) is 53.3 Å². The molecule has 2 aliphatic rings. The summed E-state index contributed by atoms with van der Waals surface area (Å²) in [6.07, 6.45) is 2.34. The van der Waals surface area contributed by atoms with Gasteiger partial charge in [0.25, 0.3) is 0 Å². The van der Waals surface area contributed by atoms with Crippen LogP contribution in [0.1, 0.15) is 88.4 Å². The van der Waals surface area contributed by atoms with Crippen LogP contribution in [0.15, 0.2) is 36.4 Å². The van der Waals surface area contributed by atoms with Crippen molar-refractivity contribution < 1.29 is 18.4 Å². The summed E-state index contributed by atoms with van der Waals surface area (Å²) in [6, 6.07) is 9.45. The van der Waals surface area contributed by atoms with Crippen molar-refractivity contribution in [2.45, 2.75) is 77.3 Å². The van der Waals surface area contributed by atoms with Gasteiger partial charge in [-0.05, 0) is 80.8 Å². The Morgan fingerprint density at radius 2 is 1.72 bits per heavy atom. The second kappa shape index (κ2) is 11.9. The molecule has 4 rings (SSSR count).